The van der Waals surface area contributed by atoms with E-state index in [9.17, 15) is 4.79 Å². The van der Waals surface area contributed by atoms with Crippen molar-refractivity contribution in [3.63, 3.8) is 0 Å². The van der Waals surface area contributed by atoms with Crippen LogP contribution in [0, 0.1) is 13.8 Å². The molecule has 0 spiro atoms. The van der Waals surface area contributed by atoms with E-state index in [2.05, 4.69) is 5.32 Å². The van der Waals surface area contributed by atoms with E-state index in [0.29, 0.717) is 0 Å². The smallest absolute Gasteiger partial charge is 0.258 e. The van der Waals surface area contributed by atoms with Crippen molar-refractivity contribution in [1.82, 2.24) is 5.32 Å². The van der Waals surface area contributed by atoms with Gasteiger partial charge >= 0.3 is 0 Å². The minimum atomic E-state index is -0.157. The van der Waals surface area contributed by atoms with E-state index >= 15 is 0 Å². The van der Waals surface area contributed by atoms with E-state index in [1.165, 1.54) is 0 Å². The van der Waals surface area contributed by atoms with E-state index < -0.39 is 0 Å². The molecule has 0 radical (unpaired) electrons. The number of carbonyl (C=O) groups is 1. The zero-order valence-corrected chi connectivity index (χ0v) is 15.2. The van der Waals surface area contributed by atoms with Crippen LogP contribution in [0.3, 0.4) is 0 Å². The second-order valence-corrected chi connectivity index (χ2v) is 6.89. The number of amides is 1. The monoisotopic (exact) mass is 351 g/mol. The van der Waals surface area contributed by atoms with Crippen LogP contribution in [-0.2, 0) is 4.79 Å². The number of aryl methyl sites for hydroxylation is 1. The van der Waals surface area contributed by atoms with Gasteiger partial charge in [0, 0.05) is 4.88 Å². The van der Waals surface area contributed by atoms with Crippen LogP contribution in [0.1, 0.15) is 27.6 Å². The lowest BCUT2D eigenvalue weighted by molar-refractivity contribution is -0.123. The van der Waals surface area contributed by atoms with Crippen LogP contribution < -0.4 is 10.1 Å². The Balaban J connectivity index is 1.70. The number of hydrogen-bond donors (Lipinski definition) is 1. The number of nitrogens with one attached hydrogen (secondary N) is 1. The SMILES string of the molecule is Cc1cccc(OCC(=O)N[C@@H](c2ccccc2)c2cccs2)c1C. The van der Waals surface area contributed by atoms with Gasteiger partial charge in [0.05, 0.1) is 6.04 Å². The van der Waals surface area contributed by atoms with Crippen LogP contribution in [0.2, 0.25) is 0 Å². The highest BCUT2D eigenvalue weighted by atomic mass is 32.1. The largest absolute Gasteiger partial charge is 0.483 e. The first-order valence-electron chi connectivity index (χ1n) is 8.22. The van der Waals surface area contributed by atoms with Crippen molar-refractivity contribution in [2.75, 3.05) is 6.61 Å². The van der Waals surface area contributed by atoms with Crippen molar-refractivity contribution < 1.29 is 9.53 Å². The first kappa shape index (κ1) is 17.2. The number of carbonyl (C=O) groups excluding carboxylic acids is 1. The predicted molar refractivity (Wildman–Crippen MR) is 102 cm³/mol. The maximum absolute atomic E-state index is 12.5. The average Bonchev–Trinajstić information content (AvgIpc) is 3.16. The van der Waals surface area contributed by atoms with Gasteiger partial charge in [0.2, 0.25) is 0 Å². The molecule has 0 aliphatic heterocycles. The van der Waals surface area contributed by atoms with Crippen LogP contribution in [0.5, 0.6) is 5.75 Å². The molecular formula is C21H21NO2S. The predicted octanol–water partition coefficient (Wildman–Crippen LogP) is 4.65. The summed E-state index contributed by atoms with van der Waals surface area (Å²) in [7, 11) is 0. The van der Waals surface area contributed by atoms with Crippen molar-refractivity contribution in [3.8, 4) is 5.75 Å². The molecule has 0 aliphatic carbocycles. The molecule has 1 atom stereocenters. The molecule has 0 aliphatic rings. The molecule has 1 heterocycles. The Morgan fingerprint density at radius 2 is 1.84 bits per heavy atom. The van der Waals surface area contributed by atoms with Crippen LogP contribution in [0.4, 0.5) is 0 Å². The minimum Gasteiger partial charge on any atom is -0.483 e. The molecule has 0 saturated carbocycles. The third-order valence-corrected chi connectivity index (χ3v) is 5.12. The van der Waals surface area contributed by atoms with Gasteiger partial charge in [-0.3, -0.25) is 4.79 Å². The van der Waals surface area contributed by atoms with Crippen LogP contribution in [-0.4, -0.2) is 12.5 Å². The number of thiophene rings is 1. The van der Waals surface area contributed by atoms with Crippen LogP contribution in [0.25, 0.3) is 0 Å². The lowest BCUT2D eigenvalue weighted by Crippen LogP contribution is -2.33. The van der Waals surface area contributed by atoms with Gasteiger partial charge in [0.15, 0.2) is 6.61 Å². The quantitative estimate of drug-likeness (QED) is 0.702. The van der Waals surface area contributed by atoms with E-state index in [1.54, 1.807) is 11.3 Å². The van der Waals surface area contributed by atoms with Crippen LogP contribution in [0.15, 0.2) is 66.0 Å². The number of benzene rings is 2. The fourth-order valence-electron chi connectivity index (χ4n) is 2.65. The molecule has 4 heteroatoms. The third-order valence-electron chi connectivity index (χ3n) is 4.18. The topological polar surface area (TPSA) is 38.3 Å². The van der Waals surface area contributed by atoms with Gasteiger partial charge in [-0.05, 0) is 48.1 Å². The van der Waals surface area contributed by atoms with Gasteiger partial charge in [0.25, 0.3) is 5.91 Å². The van der Waals surface area contributed by atoms with Crippen molar-refractivity contribution in [2.45, 2.75) is 19.9 Å². The van der Waals surface area contributed by atoms with Crippen LogP contribution >= 0.6 is 11.3 Å². The summed E-state index contributed by atoms with van der Waals surface area (Å²) in [4.78, 5) is 13.6. The summed E-state index contributed by atoms with van der Waals surface area (Å²) in [5.74, 6) is 0.616. The first-order chi connectivity index (χ1) is 12.1. The molecule has 3 aromatic rings. The standard InChI is InChI=1S/C21H21NO2S/c1-15-8-6-11-18(16(15)2)24-14-20(23)22-21(19-12-7-13-25-19)17-9-4-3-5-10-17/h3-13,21H,14H2,1-2H3,(H,22,23)/t21-/m0/s1. The summed E-state index contributed by atoms with van der Waals surface area (Å²) in [6, 6.07) is 19.7. The average molecular weight is 351 g/mol. The highest BCUT2D eigenvalue weighted by molar-refractivity contribution is 7.10. The fraction of sp³-hybridized carbons (Fsp3) is 0.190. The summed E-state index contributed by atoms with van der Waals surface area (Å²) >= 11 is 1.63. The molecule has 0 bridgehead atoms. The molecule has 1 amide bonds. The Morgan fingerprint density at radius 3 is 2.56 bits per heavy atom. The van der Waals surface area contributed by atoms with Gasteiger partial charge in [0.1, 0.15) is 5.75 Å². The first-order valence-corrected chi connectivity index (χ1v) is 9.10. The normalized spacial score (nSPS) is 11.8. The molecule has 0 fully saturated rings. The highest BCUT2D eigenvalue weighted by Crippen LogP contribution is 2.26. The number of rotatable bonds is 6. The summed E-state index contributed by atoms with van der Waals surface area (Å²) in [6.45, 7) is 4.03. The summed E-state index contributed by atoms with van der Waals surface area (Å²) in [6.07, 6.45) is 0. The van der Waals surface area contributed by atoms with Crippen molar-refractivity contribution in [3.05, 3.63) is 87.6 Å². The Morgan fingerprint density at radius 1 is 1.04 bits per heavy atom. The second kappa shape index (κ2) is 7.99. The van der Waals surface area contributed by atoms with E-state index in [4.69, 9.17) is 4.74 Å². The number of ether oxygens (including phenoxy) is 1. The van der Waals surface area contributed by atoms with Crippen molar-refractivity contribution >= 4 is 17.2 Å². The molecule has 1 N–H and O–H groups in total. The summed E-state index contributed by atoms with van der Waals surface area (Å²) < 4.78 is 5.72. The van der Waals surface area contributed by atoms with Crippen molar-refractivity contribution in [1.29, 1.82) is 0 Å². The molecule has 1 aromatic heterocycles. The van der Waals surface area contributed by atoms with E-state index in [-0.39, 0.29) is 18.6 Å². The lowest BCUT2D eigenvalue weighted by Gasteiger charge is -2.18. The second-order valence-electron chi connectivity index (χ2n) is 5.91. The van der Waals surface area contributed by atoms with Crippen molar-refractivity contribution in [2.24, 2.45) is 0 Å². The van der Waals surface area contributed by atoms with Gasteiger partial charge in [-0.1, -0.05) is 48.5 Å². The third kappa shape index (κ3) is 4.28. The van der Waals surface area contributed by atoms with E-state index in [1.807, 2.05) is 79.9 Å². The molecule has 128 valence electrons. The van der Waals surface area contributed by atoms with Gasteiger partial charge < -0.3 is 10.1 Å². The Kier molecular flexibility index (Phi) is 5.51. The van der Waals surface area contributed by atoms with Gasteiger partial charge in [-0.25, -0.2) is 0 Å². The summed E-state index contributed by atoms with van der Waals surface area (Å²) in [5.41, 5.74) is 3.27. The molecule has 3 rings (SSSR count). The number of hydrogen-bond acceptors (Lipinski definition) is 3. The molecule has 2 aromatic carbocycles. The zero-order valence-electron chi connectivity index (χ0n) is 14.4. The van der Waals surface area contributed by atoms with Gasteiger partial charge in [-0.15, -0.1) is 11.3 Å². The zero-order chi connectivity index (χ0) is 17.6. The maximum atomic E-state index is 12.5. The van der Waals surface area contributed by atoms with Gasteiger partial charge in [-0.2, -0.15) is 0 Å². The molecular weight excluding hydrogens is 330 g/mol. The molecule has 3 nitrogen and oxygen atoms in total. The van der Waals surface area contributed by atoms with E-state index in [0.717, 1.165) is 27.3 Å². The maximum Gasteiger partial charge on any atom is 0.258 e. The highest BCUT2D eigenvalue weighted by Gasteiger charge is 2.18. The Labute approximate surface area is 152 Å². The molecule has 25 heavy (non-hydrogen) atoms. The Bertz CT molecular complexity index is 828. The lowest BCUT2D eigenvalue weighted by atomic mass is 10.1. The fourth-order valence-corrected chi connectivity index (χ4v) is 3.45. The summed E-state index contributed by atoms with van der Waals surface area (Å²) in [5, 5.41) is 5.10. The molecule has 0 saturated heterocycles. The minimum absolute atomic E-state index is 0.000990. The Hall–Kier alpha value is -2.59. The molecule has 0 unspecified atom stereocenters.